The van der Waals surface area contributed by atoms with E-state index in [-0.39, 0.29) is 38.5 Å². The largest absolute Gasteiger partial charge is 0.426 e. The van der Waals surface area contributed by atoms with E-state index >= 15 is 0 Å². The summed E-state index contributed by atoms with van der Waals surface area (Å²) >= 11 is 0. The van der Waals surface area contributed by atoms with Gasteiger partial charge in [0.25, 0.3) is 0 Å². The van der Waals surface area contributed by atoms with Gasteiger partial charge in [-0.05, 0) is 310 Å². The van der Waals surface area contributed by atoms with Gasteiger partial charge >= 0.3 is 107 Å². The molecule has 0 radical (unpaired) electrons. The van der Waals surface area contributed by atoms with Crippen molar-refractivity contribution in [2.75, 3.05) is 0 Å². The minimum absolute atomic E-state index is 0.242. The molecule has 18 rings (SSSR count). The molecule has 30 nitrogen and oxygen atoms in total. The molecule has 0 bridgehead atoms. The lowest BCUT2D eigenvalue weighted by molar-refractivity contribution is -0.155. The molecule has 12 fully saturated rings. The summed E-state index contributed by atoms with van der Waals surface area (Å²) in [5.74, 6) is -15.5. The van der Waals surface area contributed by atoms with Crippen LogP contribution in [0.4, 0.5) is 0 Å². The third-order valence-electron chi connectivity index (χ3n) is 28.3. The van der Waals surface area contributed by atoms with E-state index in [2.05, 4.69) is 0 Å². The highest BCUT2D eigenvalue weighted by molar-refractivity contribution is 6.01. The number of carbonyl (C=O) groups is 18. The normalized spacial score (nSPS) is 28.2. The summed E-state index contributed by atoms with van der Waals surface area (Å²) in [6.45, 7) is 15.2. The predicted molar refractivity (Wildman–Crippen MR) is 440 cm³/mol. The van der Waals surface area contributed by atoms with Crippen molar-refractivity contribution in [3.8, 4) is 67.9 Å². The summed E-state index contributed by atoms with van der Waals surface area (Å²) in [7, 11) is 0. The molecule has 6 saturated carbocycles. The van der Waals surface area contributed by atoms with Gasteiger partial charge in [0.2, 0.25) is 0 Å². The minimum Gasteiger partial charge on any atom is -0.426 e. The van der Waals surface area contributed by atoms with Gasteiger partial charge in [-0.2, -0.15) is 0 Å². The Kier molecular flexibility index (Phi) is 24.9. The number of ether oxygens (including phenoxy) is 12. The molecule has 128 heavy (non-hydrogen) atoms. The summed E-state index contributed by atoms with van der Waals surface area (Å²) in [5, 5.41) is 0. The molecule has 666 valence electrons. The Labute approximate surface area is 734 Å². The van der Waals surface area contributed by atoms with Gasteiger partial charge in [-0.1, -0.05) is 36.4 Å². The lowest BCUT2D eigenvalue weighted by Gasteiger charge is -2.27. The first kappa shape index (κ1) is 88.4. The summed E-state index contributed by atoms with van der Waals surface area (Å²) in [5.41, 5.74) is 11.9. The first-order chi connectivity index (χ1) is 61.1. The van der Waals surface area contributed by atoms with Crippen LogP contribution in [0.1, 0.15) is 160 Å². The summed E-state index contributed by atoms with van der Waals surface area (Å²) in [6.07, 6.45) is 6.79. The highest BCUT2D eigenvalue weighted by Gasteiger charge is 2.55. The fraction of sp³-hybridized carbons (Fsp3) is 0.449. The standard InChI is InChI=1S/C36H38O10.C32H30O10.C30H26O10/c1-15-11-25(17(3)19(5)29(15)43-31(37)21-7-9-23-27(13-21)35(41)45-33(23)39)26-12-16(2)30(20(6)18(26)4)44-32(38)22-8-10-24-28(14-22)36(42)46-34(24)40;1-15-11-17(5-9-25(15)39-27(33)19-3-7-21-23(13-19)31(37)41-29(21)35)18-6-10-26(16(2)12-18)40-28(34)20-4-8-22-24(14-20)32(38)42-30(22)36;31-25(17-5-11-21-23(13-17)29(35)39-27(21)33)37-19-7-1-15(2-8-19)16-3-9-20(10-4-16)38-26(32)18-6-12-22-24(14-18)30(36)40-28(22)34/h11-12,21-24,27-28H,7-10,13-14H2,1-6H3;5-6,9-12,19-24H,3-4,7-8,13-14H2,1-2H3;1-4,7-10,17-18,21-24H,5-6,11-14H2. The van der Waals surface area contributed by atoms with Crippen LogP contribution in [0.2, 0.25) is 0 Å². The number of aryl methyl sites for hydroxylation is 4. The highest BCUT2D eigenvalue weighted by Crippen LogP contribution is 2.49. The number of esters is 18. The lowest BCUT2D eigenvalue weighted by Crippen LogP contribution is -2.33. The molecule has 6 aromatic carbocycles. The Balaban J connectivity index is 0.000000141. The quantitative estimate of drug-likeness (QED) is 0.0399. The van der Waals surface area contributed by atoms with Crippen molar-refractivity contribution < 1.29 is 143 Å². The molecular weight excluding hydrogens is 1660 g/mol. The zero-order chi connectivity index (χ0) is 90.9. The van der Waals surface area contributed by atoms with E-state index in [1.165, 1.54) is 0 Å². The lowest BCUT2D eigenvalue weighted by atomic mass is 9.75. The second kappa shape index (κ2) is 36.0. The summed E-state index contributed by atoms with van der Waals surface area (Å²) in [6, 6.07) is 28.8. The van der Waals surface area contributed by atoms with Crippen molar-refractivity contribution in [3.05, 3.63) is 142 Å². The maximum Gasteiger partial charge on any atom is 0.317 e. The molecule has 18 atom stereocenters. The third kappa shape index (κ3) is 17.7. The number of benzene rings is 6. The Hall–Kier alpha value is -13.0. The Bertz CT molecular complexity index is 5380. The zero-order valence-electron chi connectivity index (χ0n) is 71.6. The first-order valence-corrected chi connectivity index (χ1v) is 43.6. The fourth-order valence-electron chi connectivity index (χ4n) is 20.5. The molecule has 0 aromatic heterocycles. The van der Waals surface area contributed by atoms with E-state index in [0.717, 1.165) is 77.9 Å². The van der Waals surface area contributed by atoms with Crippen LogP contribution in [-0.4, -0.2) is 107 Å². The topological polar surface area (TPSA) is 418 Å². The number of hydrogen-bond donors (Lipinski definition) is 0. The molecule has 6 heterocycles. The van der Waals surface area contributed by atoms with E-state index in [9.17, 15) is 86.3 Å². The molecule has 30 heteroatoms. The van der Waals surface area contributed by atoms with E-state index < -0.39 is 214 Å². The number of fused-ring (bicyclic) bond motifs is 6. The Morgan fingerprint density at radius 3 is 0.672 bits per heavy atom. The average Bonchev–Trinajstić information content (AvgIpc) is 1.16. The van der Waals surface area contributed by atoms with Crippen LogP contribution in [0, 0.1) is 162 Å². The van der Waals surface area contributed by atoms with E-state index in [0.29, 0.717) is 112 Å². The van der Waals surface area contributed by atoms with Gasteiger partial charge in [-0.15, -0.1) is 0 Å². The Morgan fingerprint density at radius 2 is 0.438 bits per heavy atom. The van der Waals surface area contributed by atoms with Gasteiger partial charge in [0, 0.05) is 0 Å². The number of rotatable bonds is 15. The highest BCUT2D eigenvalue weighted by atomic mass is 16.6. The number of hydrogen-bond acceptors (Lipinski definition) is 30. The van der Waals surface area contributed by atoms with Gasteiger partial charge in [-0.3, -0.25) is 86.3 Å². The second-order valence-corrected chi connectivity index (χ2v) is 36.0. The molecule has 0 amide bonds. The van der Waals surface area contributed by atoms with Crippen LogP contribution in [0.25, 0.3) is 33.4 Å². The van der Waals surface area contributed by atoms with Crippen molar-refractivity contribution in [2.24, 2.45) is 107 Å². The third-order valence-corrected chi connectivity index (χ3v) is 28.3. The van der Waals surface area contributed by atoms with Crippen LogP contribution >= 0.6 is 0 Å². The Morgan fingerprint density at radius 1 is 0.227 bits per heavy atom. The zero-order valence-corrected chi connectivity index (χ0v) is 71.6. The molecule has 6 aliphatic carbocycles. The minimum atomic E-state index is -0.589. The number of cyclic esters (lactones) is 12. The molecule has 0 N–H and O–H groups in total. The molecule has 18 unspecified atom stereocenters. The molecule has 0 spiro atoms. The second-order valence-electron chi connectivity index (χ2n) is 36.0. The van der Waals surface area contributed by atoms with Crippen molar-refractivity contribution in [1.29, 1.82) is 0 Å². The van der Waals surface area contributed by atoms with Crippen LogP contribution in [0.15, 0.2) is 97.1 Å². The van der Waals surface area contributed by atoms with E-state index in [1.54, 1.807) is 60.7 Å². The molecule has 6 aliphatic heterocycles. The maximum absolute atomic E-state index is 13.2. The fourth-order valence-corrected chi connectivity index (χ4v) is 20.5. The predicted octanol–water partition coefficient (Wildman–Crippen LogP) is 12.7. The van der Waals surface area contributed by atoms with Gasteiger partial charge in [0.1, 0.15) is 34.5 Å². The van der Waals surface area contributed by atoms with Crippen molar-refractivity contribution in [1.82, 2.24) is 0 Å². The van der Waals surface area contributed by atoms with Crippen molar-refractivity contribution in [3.63, 3.8) is 0 Å². The summed E-state index contributed by atoms with van der Waals surface area (Å²) in [4.78, 5) is 220. The van der Waals surface area contributed by atoms with Crippen molar-refractivity contribution in [2.45, 2.75) is 171 Å². The SMILES string of the molecule is Cc1cc(-c2cc(C)c(OC(=O)C3CCC4C(=O)OC(=O)C4C3)c(C)c2C)c(C)c(C)c1OC(=O)C1CCC2C(=O)OC(=O)C2C1.Cc1cc(-c2ccc(OC(=O)C3CCC4C(=O)OC(=O)C4C3)c(C)c2)ccc1OC(=O)C1CCC2C(=O)OC(=O)C2C1.O=C(Oc1ccc(-c2ccc(OC(=O)C3CCC4C(=O)OC(=O)C4C3)cc2)cc1)C1CCC2C(=O)OC(=O)C2C1. The van der Waals surface area contributed by atoms with Crippen molar-refractivity contribution >= 4 is 107 Å². The van der Waals surface area contributed by atoms with E-state index in [1.807, 2.05) is 91.8 Å². The molecule has 6 aromatic rings. The number of carbonyl (C=O) groups excluding carboxylic acids is 18. The van der Waals surface area contributed by atoms with Gasteiger partial charge in [-0.25, -0.2) is 0 Å². The van der Waals surface area contributed by atoms with Crippen LogP contribution < -0.4 is 28.4 Å². The van der Waals surface area contributed by atoms with E-state index in [4.69, 9.17) is 56.8 Å². The molecular formula is C98H94O30. The monoisotopic (exact) mass is 1750 g/mol. The van der Waals surface area contributed by atoms with Crippen LogP contribution in [0.3, 0.4) is 0 Å². The molecule has 6 saturated heterocycles. The summed E-state index contributed by atoms with van der Waals surface area (Å²) < 4.78 is 62.8. The smallest absolute Gasteiger partial charge is 0.317 e. The van der Waals surface area contributed by atoms with Gasteiger partial charge in [0.05, 0.1) is 107 Å². The van der Waals surface area contributed by atoms with Gasteiger partial charge < -0.3 is 56.8 Å². The van der Waals surface area contributed by atoms with Crippen LogP contribution in [-0.2, 0) is 115 Å². The molecule has 12 aliphatic rings. The van der Waals surface area contributed by atoms with Gasteiger partial charge in [0.15, 0.2) is 0 Å². The maximum atomic E-state index is 13.2. The van der Waals surface area contributed by atoms with Crippen LogP contribution in [0.5, 0.6) is 34.5 Å². The average molecular weight is 1750 g/mol. The first-order valence-electron chi connectivity index (χ1n) is 43.6.